The van der Waals surface area contributed by atoms with Crippen molar-refractivity contribution < 1.29 is 42.4 Å². The second-order valence-electron chi connectivity index (χ2n) is 2.01. The molecule has 1 aromatic carbocycles. The molecule has 7 heteroatoms. The Morgan fingerprint density at radius 2 is 1.50 bits per heavy atom. The first-order valence-electron chi connectivity index (χ1n) is 2.83. The maximum Gasteiger partial charge on any atom is 2.00 e. The van der Waals surface area contributed by atoms with Gasteiger partial charge in [0.1, 0.15) is 5.82 Å². The first-order valence-corrected chi connectivity index (χ1v) is 2.83. The molecule has 1 rings (SSSR count). The maximum atomic E-state index is 12.2. The van der Waals surface area contributed by atoms with Gasteiger partial charge in [0.15, 0.2) is 0 Å². The van der Waals surface area contributed by atoms with Crippen LogP contribution in [0.4, 0.5) is 17.6 Å². The number of alkyl halides is 3. The third-order valence-electron chi connectivity index (χ3n) is 1.15. The summed E-state index contributed by atoms with van der Waals surface area (Å²) in [6.07, 6.45) is -4.46. The van der Waals surface area contributed by atoms with Crippen LogP contribution in [0.2, 0.25) is 0 Å². The van der Waals surface area contributed by atoms with Crippen LogP contribution >= 0.6 is 0 Å². The number of halogens is 6. The summed E-state index contributed by atoms with van der Waals surface area (Å²) in [7, 11) is 0. The van der Waals surface area contributed by atoms with Crippen LogP contribution in [0, 0.1) is 5.82 Å². The normalized spacial score (nSPS) is 9.14. The van der Waals surface area contributed by atoms with Crippen LogP contribution in [0.1, 0.15) is 5.56 Å². The molecule has 0 amide bonds. The molecule has 0 aliphatic rings. The third-order valence-corrected chi connectivity index (χ3v) is 1.15. The average molecular weight is 259 g/mol. The Kier molecular flexibility index (Phi) is 10.7. The van der Waals surface area contributed by atoms with Gasteiger partial charge in [-0.3, -0.25) is 0 Å². The smallest absolute Gasteiger partial charge is 1.00 e. The van der Waals surface area contributed by atoms with Gasteiger partial charge in [0, 0.05) is 0 Å². The number of benzene rings is 1. The van der Waals surface area contributed by atoms with E-state index in [1.807, 2.05) is 0 Å². The Bertz CT molecular complexity index is 264. The predicted molar refractivity (Wildman–Crippen MR) is 37.2 cm³/mol. The molecule has 0 spiro atoms. The van der Waals surface area contributed by atoms with E-state index in [0.717, 1.165) is 18.2 Å². The molecule has 0 radical (unpaired) electrons. The van der Waals surface area contributed by atoms with Crippen molar-refractivity contribution >= 4 is 23.1 Å². The molecule has 0 aliphatic heterocycles. The quantitative estimate of drug-likeness (QED) is 0.335. The molecule has 14 heavy (non-hydrogen) atoms. The van der Waals surface area contributed by atoms with Crippen molar-refractivity contribution in [3.63, 3.8) is 0 Å². The predicted octanol–water partition coefficient (Wildman–Crippen LogP) is -3.53. The zero-order valence-corrected chi connectivity index (χ0v) is 9.71. The van der Waals surface area contributed by atoms with Crippen LogP contribution in [-0.2, 0) is 6.18 Å². The van der Waals surface area contributed by atoms with Gasteiger partial charge in [-0.25, -0.2) is 4.39 Å². The zero-order valence-electron chi connectivity index (χ0n) is 6.78. The van der Waals surface area contributed by atoms with Gasteiger partial charge >= 0.3 is 29.2 Å². The monoisotopic (exact) mass is 258 g/mol. The van der Waals surface area contributed by atoms with Gasteiger partial charge in [-0.2, -0.15) is 13.2 Å². The molecule has 0 saturated heterocycles. The minimum atomic E-state index is -4.46. The molecule has 0 atom stereocenters. The molecule has 0 bridgehead atoms. The van der Waals surface area contributed by atoms with Crippen molar-refractivity contribution in [3.05, 3.63) is 35.6 Å². The number of hydrogen-bond acceptors (Lipinski definition) is 0. The van der Waals surface area contributed by atoms with E-state index in [4.69, 9.17) is 0 Å². The van der Waals surface area contributed by atoms with Gasteiger partial charge in [-0.15, -0.1) is 0 Å². The zero-order chi connectivity index (χ0) is 8.48. The summed E-state index contributed by atoms with van der Waals surface area (Å²) in [6.45, 7) is 0. The Balaban J connectivity index is -0.000000403. The summed E-state index contributed by atoms with van der Waals surface area (Å²) in [5.74, 6) is -0.875. The first kappa shape index (κ1) is 19.8. The Morgan fingerprint density at radius 3 is 1.79 bits per heavy atom. The largest absolute Gasteiger partial charge is 2.00 e. The standard InChI is InChI=1S/C7H4F4.2ClH.Mg/c8-6-3-1-2-5(4-6)7(9,10)11;;;/h1-4H;2*1H;/q;;;+2/p-2. The molecular weight excluding hydrogens is 255 g/mol. The minimum Gasteiger partial charge on any atom is -1.00 e. The average Bonchev–Trinajstić information content (AvgIpc) is 1.86. The molecular formula is C7H4Cl2F4Mg. The molecule has 76 valence electrons. The molecule has 0 unspecified atom stereocenters. The molecule has 0 N–H and O–H groups in total. The SMILES string of the molecule is Fc1cccc(C(F)(F)F)c1.[Cl-].[Cl-].[Mg+2]. The molecule has 0 aliphatic carbocycles. The third kappa shape index (κ3) is 5.90. The van der Waals surface area contributed by atoms with E-state index in [1.54, 1.807) is 0 Å². The van der Waals surface area contributed by atoms with E-state index in [0.29, 0.717) is 6.07 Å². The fraction of sp³-hybridized carbons (Fsp3) is 0.143. The van der Waals surface area contributed by atoms with Crippen LogP contribution in [0.15, 0.2) is 24.3 Å². The van der Waals surface area contributed by atoms with Crippen molar-refractivity contribution in [3.8, 4) is 0 Å². The molecule has 0 heterocycles. The van der Waals surface area contributed by atoms with Gasteiger partial charge < -0.3 is 24.8 Å². The fourth-order valence-electron chi connectivity index (χ4n) is 0.665. The van der Waals surface area contributed by atoms with Gasteiger partial charge in [0.25, 0.3) is 0 Å². The Labute approximate surface area is 107 Å². The summed E-state index contributed by atoms with van der Waals surface area (Å²) in [4.78, 5) is 0. The van der Waals surface area contributed by atoms with Crippen LogP contribution in [0.25, 0.3) is 0 Å². The van der Waals surface area contributed by atoms with Crippen molar-refractivity contribution in [2.45, 2.75) is 6.18 Å². The molecule has 0 nitrogen and oxygen atoms in total. The second kappa shape index (κ2) is 7.56. The maximum absolute atomic E-state index is 12.2. The van der Waals surface area contributed by atoms with Gasteiger partial charge in [0.2, 0.25) is 0 Å². The van der Waals surface area contributed by atoms with Crippen molar-refractivity contribution in [2.24, 2.45) is 0 Å². The number of hydrogen-bond donors (Lipinski definition) is 0. The van der Waals surface area contributed by atoms with Crippen LogP contribution in [0.5, 0.6) is 0 Å². The summed E-state index contributed by atoms with van der Waals surface area (Å²) in [6, 6.07) is 3.27. The molecule has 1 aromatic rings. The molecule has 0 aromatic heterocycles. The van der Waals surface area contributed by atoms with Crippen LogP contribution in [0.3, 0.4) is 0 Å². The summed E-state index contributed by atoms with van der Waals surface area (Å²) >= 11 is 0. The van der Waals surface area contributed by atoms with Gasteiger partial charge in [-0.1, -0.05) is 6.07 Å². The van der Waals surface area contributed by atoms with Gasteiger partial charge in [-0.05, 0) is 18.2 Å². The second-order valence-corrected chi connectivity index (χ2v) is 2.01. The summed E-state index contributed by atoms with van der Waals surface area (Å²) < 4.78 is 47.6. The van der Waals surface area contributed by atoms with E-state index >= 15 is 0 Å². The van der Waals surface area contributed by atoms with Crippen molar-refractivity contribution in [1.29, 1.82) is 0 Å². The fourth-order valence-corrected chi connectivity index (χ4v) is 0.665. The van der Waals surface area contributed by atoms with E-state index in [2.05, 4.69) is 0 Å². The van der Waals surface area contributed by atoms with E-state index in [1.165, 1.54) is 0 Å². The van der Waals surface area contributed by atoms with E-state index < -0.39 is 17.6 Å². The Morgan fingerprint density at radius 1 is 1.00 bits per heavy atom. The molecule has 0 saturated carbocycles. The minimum absolute atomic E-state index is 0. The summed E-state index contributed by atoms with van der Waals surface area (Å²) in [5.41, 5.74) is -0.961. The van der Waals surface area contributed by atoms with Crippen molar-refractivity contribution in [2.75, 3.05) is 0 Å². The van der Waals surface area contributed by atoms with E-state index in [9.17, 15) is 17.6 Å². The number of rotatable bonds is 0. The first-order chi connectivity index (χ1) is 5.00. The molecule has 0 fully saturated rings. The summed E-state index contributed by atoms with van der Waals surface area (Å²) in [5, 5.41) is 0. The topological polar surface area (TPSA) is 0 Å². The van der Waals surface area contributed by atoms with Crippen LogP contribution < -0.4 is 24.8 Å². The Hall–Kier alpha value is 0.286. The van der Waals surface area contributed by atoms with Crippen LogP contribution in [-0.4, -0.2) is 23.1 Å². The van der Waals surface area contributed by atoms with Crippen molar-refractivity contribution in [1.82, 2.24) is 0 Å². The van der Waals surface area contributed by atoms with Gasteiger partial charge in [0.05, 0.1) is 5.56 Å². The van der Waals surface area contributed by atoms with E-state index in [-0.39, 0.29) is 47.9 Å².